The molecular weight excluding hydrogens is 208 g/mol. The van der Waals surface area contributed by atoms with Crippen LogP contribution in [-0.2, 0) is 4.79 Å². The lowest BCUT2D eigenvalue weighted by atomic mass is 10.1. The predicted molar refractivity (Wildman–Crippen MR) is 62.5 cm³/mol. The van der Waals surface area contributed by atoms with Crippen LogP contribution in [0.2, 0.25) is 0 Å². The van der Waals surface area contributed by atoms with Crippen LogP contribution in [0.5, 0.6) is 0 Å². The molecule has 0 saturated carbocycles. The second kappa shape index (κ2) is 6.02. The van der Waals surface area contributed by atoms with E-state index in [1.807, 2.05) is 16.7 Å². The van der Waals surface area contributed by atoms with Gasteiger partial charge in [-0.3, -0.25) is 4.79 Å². The maximum Gasteiger partial charge on any atom is 0.224 e. The molecule has 1 saturated heterocycles. The molecule has 0 bridgehead atoms. The summed E-state index contributed by atoms with van der Waals surface area (Å²) in [5, 5.41) is 8.76. The molecule has 1 rings (SSSR count). The largest absolute Gasteiger partial charge is 0.339 e. The Morgan fingerprint density at radius 3 is 3.00 bits per heavy atom. The lowest BCUT2D eigenvalue weighted by molar-refractivity contribution is -0.129. The average molecular weight is 226 g/mol. The van der Waals surface area contributed by atoms with Crippen molar-refractivity contribution in [3.05, 3.63) is 0 Å². The maximum absolute atomic E-state index is 11.6. The molecule has 0 aromatic heterocycles. The number of hydrogen-bond donors (Lipinski definition) is 0. The zero-order valence-electron chi connectivity index (χ0n) is 9.40. The van der Waals surface area contributed by atoms with Crippen LogP contribution in [0.1, 0.15) is 26.7 Å². The highest BCUT2D eigenvalue weighted by atomic mass is 32.2. The Morgan fingerprint density at radius 1 is 1.73 bits per heavy atom. The molecular formula is C11H18N2OS. The van der Waals surface area contributed by atoms with Gasteiger partial charge in [0.2, 0.25) is 5.91 Å². The molecule has 0 N–H and O–H groups in total. The minimum absolute atomic E-state index is 0.0845. The summed E-state index contributed by atoms with van der Waals surface area (Å²) in [7, 11) is 0. The number of thioether (sulfide) groups is 1. The first-order chi connectivity index (χ1) is 7.19. The zero-order chi connectivity index (χ0) is 11.3. The lowest BCUT2D eigenvalue weighted by Gasteiger charge is -2.24. The van der Waals surface area contributed by atoms with Crippen molar-refractivity contribution in [2.24, 2.45) is 5.92 Å². The molecule has 0 radical (unpaired) electrons. The van der Waals surface area contributed by atoms with E-state index in [-0.39, 0.29) is 17.9 Å². The third-order valence-electron chi connectivity index (χ3n) is 2.76. The number of nitriles is 1. The molecule has 1 amide bonds. The highest BCUT2D eigenvalue weighted by Crippen LogP contribution is 2.21. The van der Waals surface area contributed by atoms with E-state index in [1.165, 1.54) is 0 Å². The fraction of sp³-hybridized carbons (Fsp3) is 0.818. The minimum Gasteiger partial charge on any atom is -0.339 e. The van der Waals surface area contributed by atoms with Crippen LogP contribution in [0.25, 0.3) is 0 Å². The molecule has 3 nitrogen and oxygen atoms in total. The Bertz CT molecular complexity index is 262. The Morgan fingerprint density at radius 2 is 2.47 bits per heavy atom. The number of carbonyl (C=O) groups excluding carboxylic acids is 1. The zero-order valence-corrected chi connectivity index (χ0v) is 10.2. The first kappa shape index (κ1) is 12.4. The van der Waals surface area contributed by atoms with Gasteiger partial charge in [-0.2, -0.15) is 17.0 Å². The Hall–Kier alpha value is -0.690. The minimum atomic E-state index is -0.0845. The molecule has 1 heterocycles. The van der Waals surface area contributed by atoms with Gasteiger partial charge in [0.1, 0.15) is 0 Å². The summed E-state index contributed by atoms with van der Waals surface area (Å²) in [6.07, 6.45) is 1.45. The van der Waals surface area contributed by atoms with Crippen molar-refractivity contribution in [1.82, 2.24) is 4.90 Å². The van der Waals surface area contributed by atoms with E-state index in [2.05, 4.69) is 19.9 Å². The van der Waals surface area contributed by atoms with Crippen LogP contribution in [-0.4, -0.2) is 34.9 Å². The van der Waals surface area contributed by atoms with E-state index in [0.717, 1.165) is 17.9 Å². The van der Waals surface area contributed by atoms with Crippen molar-refractivity contribution in [1.29, 1.82) is 5.26 Å². The van der Waals surface area contributed by atoms with Crippen LogP contribution in [0.15, 0.2) is 0 Å². The first-order valence-corrected chi connectivity index (χ1v) is 6.61. The number of nitrogens with zero attached hydrogens (tertiary/aromatic N) is 2. The Labute approximate surface area is 95.8 Å². The van der Waals surface area contributed by atoms with Gasteiger partial charge >= 0.3 is 0 Å². The van der Waals surface area contributed by atoms with E-state index in [9.17, 15) is 4.79 Å². The molecule has 0 aromatic carbocycles. The number of rotatable bonds is 5. The van der Waals surface area contributed by atoms with Gasteiger partial charge in [-0.15, -0.1) is 0 Å². The number of amides is 1. The number of likely N-dealkylation sites (tertiary alicyclic amines) is 1. The van der Waals surface area contributed by atoms with Gasteiger partial charge in [0.05, 0.1) is 12.0 Å². The highest BCUT2D eigenvalue weighted by Gasteiger charge is 2.32. The molecule has 2 unspecified atom stereocenters. The maximum atomic E-state index is 11.6. The standard InChI is InChI=1S/C11H18N2OS/c1-3-15-5-4-9(2)13-8-10(7-12)6-11(13)14/h9-10H,3-6,8H2,1-2H3. The molecule has 1 aliphatic heterocycles. The van der Waals surface area contributed by atoms with Gasteiger partial charge in [-0.05, 0) is 24.9 Å². The molecule has 1 fully saturated rings. The van der Waals surface area contributed by atoms with Gasteiger partial charge in [0.25, 0.3) is 0 Å². The lowest BCUT2D eigenvalue weighted by Crippen LogP contribution is -2.34. The van der Waals surface area contributed by atoms with Crippen LogP contribution >= 0.6 is 11.8 Å². The van der Waals surface area contributed by atoms with Crippen LogP contribution in [0.4, 0.5) is 0 Å². The molecule has 1 aliphatic rings. The van der Waals surface area contributed by atoms with Crippen molar-refractivity contribution < 1.29 is 4.79 Å². The van der Waals surface area contributed by atoms with Crippen LogP contribution < -0.4 is 0 Å². The van der Waals surface area contributed by atoms with Crippen molar-refractivity contribution in [2.45, 2.75) is 32.7 Å². The van der Waals surface area contributed by atoms with Crippen molar-refractivity contribution in [2.75, 3.05) is 18.1 Å². The first-order valence-electron chi connectivity index (χ1n) is 5.45. The van der Waals surface area contributed by atoms with Gasteiger partial charge in [0.15, 0.2) is 0 Å². The molecule has 15 heavy (non-hydrogen) atoms. The average Bonchev–Trinajstić information content (AvgIpc) is 2.60. The number of hydrogen-bond acceptors (Lipinski definition) is 3. The van der Waals surface area contributed by atoms with Crippen molar-refractivity contribution in [3.8, 4) is 6.07 Å². The Kier molecular flexibility index (Phi) is 4.97. The quantitative estimate of drug-likeness (QED) is 0.672. The summed E-state index contributed by atoms with van der Waals surface area (Å²) in [5.41, 5.74) is 0. The summed E-state index contributed by atoms with van der Waals surface area (Å²) < 4.78 is 0. The summed E-state index contributed by atoms with van der Waals surface area (Å²) >= 11 is 1.90. The van der Waals surface area contributed by atoms with E-state index in [4.69, 9.17) is 5.26 Å². The third kappa shape index (κ3) is 3.42. The second-order valence-electron chi connectivity index (χ2n) is 3.91. The van der Waals surface area contributed by atoms with Crippen molar-refractivity contribution in [3.63, 3.8) is 0 Å². The highest BCUT2D eigenvalue weighted by molar-refractivity contribution is 7.99. The fourth-order valence-corrected chi connectivity index (χ4v) is 2.59. The topological polar surface area (TPSA) is 44.1 Å². The summed E-state index contributed by atoms with van der Waals surface area (Å²) in [6, 6.07) is 2.47. The Balaban J connectivity index is 2.36. The van der Waals surface area contributed by atoms with E-state index in [0.29, 0.717) is 13.0 Å². The molecule has 0 aromatic rings. The van der Waals surface area contributed by atoms with E-state index >= 15 is 0 Å². The normalized spacial score (nSPS) is 22.9. The van der Waals surface area contributed by atoms with Gasteiger partial charge in [-0.1, -0.05) is 6.92 Å². The predicted octanol–water partition coefficient (Wildman–Crippen LogP) is 1.89. The second-order valence-corrected chi connectivity index (χ2v) is 5.30. The molecule has 0 spiro atoms. The SMILES string of the molecule is CCSCCC(C)N1CC(C#N)CC1=O. The molecule has 4 heteroatoms. The van der Waals surface area contributed by atoms with Crippen LogP contribution in [0.3, 0.4) is 0 Å². The fourth-order valence-electron chi connectivity index (χ4n) is 1.80. The molecule has 0 aliphatic carbocycles. The molecule has 2 atom stereocenters. The van der Waals surface area contributed by atoms with Gasteiger partial charge in [0, 0.05) is 19.0 Å². The van der Waals surface area contributed by atoms with Crippen LogP contribution in [0, 0.1) is 17.2 Å². The summed E-state index contributed by atoms with van der Waals surface area (Å²) in [5.74, 6) is 2.29. The monoisotopic (exact) mass is 226 g/mol. The van der Waals surface area contributed by atoms with E-state index in [1.54, 1.807) is 0 Å². The van der Waals surface area contributed by atoms with Gasteiger partial charge < -0.3 is 4.90 Å². The van der Waals surface area contributed by atoms with E-state index < -0.39 is 0 Å². The summed E-state index contributed by atoms with van der Waals surface area (Å²) in [4.78, 5) is 13.5. The van der Waals surface area contributed by atoms with Crippen molar-refractivity contribution >= 4 is 17.7 Å². The molecule has 84 valence electrons. The van der Waals surface area contributed by atoms with Gasteiger partial charge in [-0.25, -0.2) is 0 Å². The third-order valence-corrected chi connectivity index (χ3v) is 3.69. The number of carbonyl (C=O) groups is 1. The smallest absolute Gasteiger partial charge is 0.224 e. The summed E-state index contributed by atoms with van der Waals surface area (Å²) in [6.45, 7) is 4.85.